The molecule has 8 heteroatoms. The maximum atomic E-state index is 12.9. The fraction of sp³-hybridized carbons (Fsp3) is 0.609. The zero-order chi connectivity index (χ0) is 21.9. The fourth-order valence-electron chi connectivity index (χ4n) is 5.06. The van der Waals surface area contributed by atoms with Crippen LogP contribution in [0.1, 0.15) is 50.5 Å². The Morgan fingerprint density at radius 1 is 1.10 bits per heavy atom. The Hall–Kier alpha value is -2.61. The zero-order valence-electron chi connectivity index (χ0n) is 18.1. The van der Waals surface area contributed by atoms with E-state index in [4.69, 9.17) is 9.47 Å². The van der Waals surface area contributed by atoms with Crippen molar-refractivity contribution < 1.29 is 23.9 Å². The van der Waals surface area contributed by atoms with E-state index in [0.717, 1.165) is 48.3 Å². The summed E-state index contributed by atoms with van der Waals surface area (Å²) < 4.78 is 10.8. The highest BCUT2D eigenvalue weighted by molar-refractivity contribution is 6.09. The van der Waals surface area contributed by atoms with Gasteiger partial charge >= 0.3 is 6.03 Å². The number of carbonyl (C=O) groups is 3. The van der Waals surface area contributed by atoms with Crippen LogP contribution in [0.3, 0.4) is 0 Å². The average Bonchev–Trinajstić information content (AvgIpc) is 3.02. The minimum absolute atomic E-state index is 0.248. The molecule has 0 atom stereocenters. The Balaban J connectivity index is 1.41. The van der Waals surface area contributed by atoms with Crippen molar-refractivity contribution in [2.24, 2.45) is 0 Å². The number of hydrogen-bond acceptors (Lipinski definition) is 5. The van der Waals surface area contributed by atoms with Crippen molar-refractivity contribution in [3.8, 4) is 5.75 Å². The van der Waals surface area contributed by atoms with Gasteiger partial charge in [0.25, 0.3) is 5.91 Å². The predicted molar refractivity (Wildman–Crippen MR) is 114 cm³/mol. The van der Waals surface area contributed by atoms with Gasteiger partial charge in [0.05, 0.1) is 7.11 Å². The molecule has 1 aromatic rings. The van der Waals surface area contributed by atoms with Gasteiger partial charge in [-0.15, -0.1) is 0 Å². The van der Waals surface area contributed by atoms with E-state index >= 15 is 0 Å². The summed E-state index contributed by atoms with van der Waals surface area (Å²) in [7, 11) is 1.63. The van der Waals surface area contributed by atoms with E-state index < -0.39 is 11.6 Å². The summed E-state index contributed by atoms with van der Waals surface area (Å²) in [5.74, 6) is 0.198. The summed E-state index contributed by atoms with van der Waals surface area (Å²) in [6.45, 7) is 1.42. The first-order valence-electron chi connectivity index (χ1n) is 11.1. The highest BCUT2D eigenvalue weighted by Crippen LogP contribution is 2.36. The van der Waals surface area contributed by atoms with Crippen molar-refractivity contribution in [3.05, 3.63) is 29.8 Å². The standard InChI is InChI=1S/C23H31N3O5/c1-30-18-7-5-17(6-8-18)22(11-13-31-14-12-22)16-24-19(27)15-26-20(28)23(25-21(26)29)9-3-2-4-10-23/h5-8H,2-4,9-16H2,1H3,(H,24,27)(H,25,29). The van der Waals surface area contributed by atoms with Crippen molar-refractivity contribution in [2.45, 2.75) is 55.9 Å². The number of benzene rings is 1. The minimum atomic E-state index is -0.805. The van der Waals surface area contributed by atoms with Crippen LogP contribution in [-0.2, 0) is 19.7 Å². The van der Waals surface area contributed by atoms with Gasteiger partial charge < -0.3 is 20.1 Å². The number of urea groups is 1. The van der Waals surface area contributed by atoms with Crippen LogP contribution in [0.4, 0.5) is 4.79 Å². The molecule has 0 radical (unpaired) electrons. The summed E-state index contributed by atoms with van der Waals surface area (Å²) in [6, 6.07) is 7.44. The molecular formula is C23H31N3O5. The van der Waals surface area contributed by atoms with Crippen molar-refractivity contribution in [1.82, 2.24) is 15.5 Å². The van der Waals surface area contributed by atoms with E-state index in [-0.39, 0.29) is 23.8 Å². The van der Waals surface area contributed by atoms with Gasteiger partial charge in [0, 0.05) is 25.2 Å². The number of methoxy groups -OCH3 is 1. The van der Waals surface area contributed by atoms with Crippen LogP contribution in [0, 0.1) is 0 Å². The number of amides is 4. The van der Waals surface area contributed by atoms with Gasteiger partial charge in [-0.25, -0.2) is 4.79 Å². The molecule has 3 aliphatic rings. The summed E-state index contributed by atoms with van der Waals surface area (Å²) in [6.07, 6.45) is 5.77. The van der Waals surface area contributed by atoms with Crippen LogP contribution in [0.15, 0.2) is 24.3 Å². The number of rotatable bonds is 6. The number of imide groups is 1. The van der Waals surface area contributed by atoms with Crippen molar-refractivity contribution in [2.75, 3.05) is 33.4 Å². The summed E-state index contributed by atoms with van der Waals surface area (Å²) >= 11 is 0. The van der Waals surface area contributed by atoms with Crippen molar-refractivity contribution in [3.63, 3.8) is 0 Å². The van der Waals surface area contributed by atoms with E-state index in [0.29, 0.717) is 32.6 Å². The molecular weight excluding hydrogens is 398 g/mol. The summed E-state index contributed by atoms with van der Waals surface area (Å²) in [5, 5.41) is 5.83. The van der Waals surface area contributed by atoms with Gasteiger partial charge in [0.15, 0.2) is 0 Å². The quantitative estimate of drug-likeness (QED) is 0.675. The molecule has 4 amide bonds. The number of hydrogen-bond donors (Lipinski definition) is 2. The molecule has 0 aromatic heterocycles. The Morgan fingerprint density at radius 2 is 1.77 bits per heavy atom. The Bertz CT molecular complexity index is 826. The third-order valence-corrected chi connectivity index (χ3v) is 7.03. The van der Waals surface area contributed by atoms with E-state index in [1.807, 2.05) is 24.3 Å². The first kappa shape index (κ1) is 21.6. The second-order valence-corrected chi connectivity index (χ2v) is 8.86. The van der Waals surface area contributed by atoms with Crippen LogP contribution in [0.5, 0.6) is 5.75 Å². The van der Waals surface area contributed by atoms with Crippen LogP contribution >= 0.6 is 0 Å². The van der Waals surface area contributed by atoms with Gasteiger partial charge in [-0.05, 0) is 43.4 Å². The lowest BCUT2D eigenvalue weighted by Crippen LogP contribution is -2.50. The molecule has 3 fully saturated rings. The molecule has 4 rings (SSSR count). The molecule has 1 saturated carbocycles. The molecule has 168 valence electrons. The molecule has 2 N–H and O–H groups in total. The third-order valence-electron chi connectivity index (χ3n) is 7.03. The molecule has 1 aromatic carbocycles. The summed E-state index contributed by atoms with van der Waals surface area (Å²) in [5.41, 5.74) is 0.0657. The first-order valence-corrected chi connectivity index (χ1v) is 11.1. The van der Waals surface area contributed by atoms with Crippen molar-refractivity contribution in [1.29, 1.82) is 0 Å². The normalized spacial score (nSPS) is 22.3. The maximum Gasteiger partial charge on any atom is 0.325 e. The largest absolute Gasteiger partial charge is 0.497 e. The second-order valence-electron chi connectivity index (χ2n) is 8.86. The van der Waals surface area contributed by atoms with Crippen LogP contribution in [-0.4, -0.2) is 61.7 Å². The average molecular weight is 430 g/mol. The fourth-order valence-corrected chi connectivity index (χ4v) is 5.06. The van der Waals surface area contributed by atoms with Gasteiger partial charge in [0.1, 0.15) is 17.8 Å². The third kappa shape index (κ3) is 4.26. The highest BCUT2D eigenvalue weighted by Gasteiger charge is 2.51. The number of nitrogens with zero attached hydrogens (tertiary/aromatic N) is 1. The van der Waals surface area contributed by atoms with Gasteiger partial charge in [-0.2, -0.15) is 0 Å². The zero-order valence-corrected chi connectivity index (χ0v) is 18.1. The molecule has 2 heterocycles. The lowest BCUT2D eigenvalue weighted by molar-refractivity contribution is -0.135. The molecule has 31 heavy (non-hydrogen) atoms. The van der Waals surface area contributed by atoms with E-state index in [1.54, 1.807) is 7.11 Å². The molecule has 2 aliphatic heterocycles. The lowest BCUT2D eigenvalue weighted by atomic mass is 9.74. The summed E-state index contributed by atoms with van der Waals surface area (Å²) in [4.78, 5) is 39.2. The topological polar surface area (TPSA) is 97.0 Å². The molecule has 1 aliphatic carbocycles. The minimum Gasteiger partial charge on any atom is -0.497 e. The van der Waals surface area contributed by atoms with Gasteiger partial charge in [0.2, 0.25) is 5.91 Å². The molecule has 0 unspecified atom stereocenters. The SMILES string of the molecule is COc1ccc(C2(CNC(=O)CN3C(=O)NC4(CCCCC4)C3=O)CCOCC2)cc1. The maximum absolute atomic E-state index is 12.9. The second kappa shape index (κ2) is 8.86. The van der Waals surface area contributed by atoms with Gasteiger partial charge in [-0.3, -0.25) is 14.5 Å². The van der Waals surface area contributed by atoms with E-state index in [2.05, 4.69) is 10.6 Å². The van der Waals surface area contributed by atoms with Gasteiger partial charge in [-0.1, -0.05) is 31.4 Å². The van der Waals surface area contributed by atoms with E-state index in [1.165, 1.54) is 0 Å². The predicted octanol–water partition coefficient (Wildman–Crippen LogP) is 2.11. The number of carbonyl (C=O) groups excluding carboxylic acids is 3. The number of nitrogens with one attached hydrogen (secondary N) is 2. The smallest absolute Gasteiger partial charge is 0.325 e. The first-order chi connectivity index (χ1) is 15.0. The van der Waals surface area contributed by atoms with Crippen molar-refractivity contribution >= 4 is 17.8 Å². The van der Waals surface area contributed by atoms with Crippen LogP contribution in [0.25, 0.3) is 0 Å². The van der Waals surface area contributed by atoms with E-state index in [9.17, 15) is 14.4 Å². The Kier molecular flexibility index (Phi) is 6.18. The van der Waals surface area contributed by atoms with Crippen LogP contribution < -0.4 is 15.4 Å². The highest BCUT2D eigenvalue weighted by atomic mass is 16.5. The molecule has 2 saturated heterocycles. The molecule has 1 spiro atoms. The van der Waals surface area contributed by atoms with Crippen LogP contribution in [0.2, 0.25) is 0 Å². The monoisotopic (exact) mass is 429 g/mol. The Labute approximate surface area is 182 Å². The number of ether oxygens (including phenoxy) is 2. The molecule has 0 bridgehead atoms. The lowest BCUT2D eigenvalue weighted by Gasteiger charge is -2.38. The molecule has 8 nitrogen and oxygen atoms in total. The Morgan fingerprint density at radius 3 is 2.42 bits per heavy atom.